The molecule has 0 heterocycles. The lowest BCUT2D eigenvalue weighted by Gasteiger charge is -2.27. The molecule has 3 aromatic rings. The molecule has 1 aliphatic carbocycles. The zero-order valence-corrected chi connectivity index (χ0v) is 31.9. The van der Waals surface area contributed by atoms with Crippen LogP contribution < -0.4 is 31.0 Å². The highest BCUT2D eigenvalue weighted by atomic mass is 35.5. The molecule has 4 rings (SSSR count). The Morgan fingerprint density at radius 1 is 0.923 bits per heavy atom. The van der Waals surface area contributed by atoms with Gasteiger partial charge in [0, 0.05) is 39.4 Å². The van der Waals surface area contributed by atoms with Crippen LogP contribution in [0.2, 0.25) is 10.0 Å². The molecule has 13 heteroatoms. The molecule has 1 unspecified atom stereocenters. The van der Waals surface area contributed by atoms with Gasteiger partial charge in [-0.15, -0.1) is 0 Å². The van der Waals surface area contributed by atoms with Crippen LogP contribution in [0.1, 0.15) is 55.4 Å². The Kier molecular flexibility index (Phi) is 15.0. The predicted molar refractivity (Wildman–Crippen MR) is 202 cm³/mol. The number of halogens is 2. The number of amides is 3. The number of hydrogen-bond acceptors (Lipinski definition) is 8. The molecule has 1 fully saturated rings. The first-order chi connectivity index (χ1) is 24.8. The molecule has 1 atom stereocenters. The maximum atomic E-state index is 14.0. The Labute approximate surface area is 316 Å². The zero-order valence-electron chi connectivity index (χ0n) is 30.3. The summed E-state index contributed by atoms with van der Waals surface area (Å²) in [7, 11) is 1.65. The van der Waals surface area contributed by atoms with Crippen LogP contribution in [0.25, 0.3) is 0 Å². The Hall–Kier alpha value is -4.03. The van der Waals surface area contributed by atoms with Crippen LogP contribution in [0.15, 0.2) is 54.6 Å². The average Bonchev–Trinajstić information content (AvgIpc) is 3.94. The van der Waals surface area contributed by atoms with Gasteiger partial charge in [0.05, 0.1) is 21.4 Å². The van der Waals surface area contributed by atoms with Gasteiger partial charge in [-0.2, -0.15) is 0 Å². The molecule has 3 aromatic carbocycles. The third-order valence-corrected chi connectivity index (χ3v) is 9.36. The fourth-order valence-electron chi connectivity index (χ4n) is 5.58. The van der Waals surface area contributed by atoms with Gasteiger partial charge in [0.15, 0.2) is 5.75 Å². The van der Waals surface area contributed by atoms with Gasteiger partial charge in [-0.25, -0.2) is 4.79 Å². The molecule has 0 aliphatic heterocycles. The standard InChI is InChI=1S/C39H50Cl2N4O7/c1-25-16-33(40)35(34(41)17-25)51-15-14-50-31-11-7-26(8-12-31)19-29(22-42)36(46)45(30-9-10-30)23-28-18-27(6-5-13-49-4)20-32(21-28)52-38(48)44-24-39(2,3)37(43)47/h7-8,11-12,16-18,20-21,29-30H,5-6,9-10,13-15,19,22-24,42H2,1-4H3,(H2,43,47)(H,44,48). The van der Waals surface area contributed by atoms with Crippen molar-refractivity contribution in [1.29, 1.82) is 0 Å². The molecule has 0 bridgehead atoms. The number of nitrogens with one attached hydrogen (secondary N) is 1. The van der Waals surface area contributed by atoms with E-state index < -0.39 is 23.3 Å². The van der Waals surface area contributed by atoms with Crippen molar-refractivity contribution in [3.05, 3.63) is 86.9 Å². The smallest absolute Gasteiger partial charge is 0.412 e. The number of primary amides is 1. The number of ether oxygens (including phenoxy) is 4. The number of nitrogens with zero attached hydrogens (tertiary/aromatic N) is 1. The number of methoxy groups -OCH3 is 1. The van der Waals surface area contributed by atoms with Crippen molar-refractivity contribution in [3.8, 4) is 17.2 Å². The summed E-state index contributed by atoms with van der Waals surface area (Å²) in [5.74, 6) is 0.459. The van der Waals surface area contributed by atoms with Crippen molar-refractivity contribution in [3.63, 3.8) is 0 Å². The second-order valence-corrected chi connectivity index (χ2v) is 14.6. The average molecular weight is 758 g/mol. The number of benzene rings is 3. The van der Waals surface area contributed by atoms with E-state index in [-0.39, 0.29) is 31.6 Å². The van der Waals surface area contributed by atoms with E-state index in [1.807, 2.05) is 42.2 Å². The number of carbonyl (C=O) groups excluding carboxylic acids is 3. The second-order valence-electron chi connectivity index (χ2n) is 13.8. The summed E-state index contributed by atoms with van der Waals surface area (Å²) >= 11 is 12.5. The van der Waals surface area contributed by atoms with Crippen LogP contribution in [0.5, 0.6) is 17.2 Å². The first-order valence-electron chi connectivity index (χ1n) is 17.5. The highest BCUT2D eigenvalue weighted by Crippen LogP contribution is 2.34. The van der Waals surface area contributed by atoms with Crippen molar-refractivity contribution in [1.82, 2.24) is 10.2 Å². The molecule has 3 amide bonds. The van der Waals surface area contributed by atoms with Gasteiger partial charge < -0.3 is 40.6 Å². The summed E-state index contributed by atoms with van der Waals surface area (Å²) in [6.45, 7) is 6.89. The van der Waals surface area contributed by atoms with Crippen molar-refractivity contribution in [2.45, 2.75) is 65.5 Å². The number of rotatable bonds is 20. The molecular formula is C39H50Cl2N4O7. The van der Waals surface area contributed by atoms with Gasteiger partial charge in [0.25, 0.3) is 0 Å². The number of nitrogens with two attached hydrogens (primary N) is 2. The number of hydrogen-bond donors (Lipinski definition) is 3. The molecule has 52 heavy (non-hydrogen) atoms. The Balaban J connectivity index is 1.38. The quantitative estimate of drug-likeness (QED) is 0.114. The van der Waals surface area contributed by atoms with Gasteiger partial charge in [-0.05, 0) is 112 Å². The zero-order chi connectivity index (χ0) is 37.8. The van der Waals surface area contributed by atoms with E-state index in [0.717, 1.165) is 41.5 Å². The van der Waals surface area contributed by atoms with Gasteiger partial charge in [-0.3, -0.25) is 9.59 Å². The SMILES string of the molecule is COCCCc1cc(CN(C(=O)C(CN)Cc2ccc(OCCOc3c(Cl)cc(C)cc3Cl)cc2)C2CC2)cc(OC(=O)NCC(C)(C)C(N)=O)c1. The lowest BCUT2D eigenvalue weighted by Crippen LogP contribution is -2.43. The normalized spacial score (nSPS) is 13.3. The maximum Gasteiger partial charge on any atom is 0.412 e. The molecular weight excluding hydrogens is 707 g/mol. The van der Waals surface area contributed by atoms with E-state index in [1.54, 1.807) is 45.2 Å². The first kappa shape index (κ1) is 40.7. The lowest BCUT2D eigenvalue weighted by atomic mass is 9.93. The second kappa shape index (κ2) is 19.2. The first-order valence-corrected chi connectivity index (χ1v) is 18.2. The molecule has 282 valence electrons. The van der Waals surface area contributed by atoms with Crippen LogP contribution in [0.3, 0.4) is 0 Å². The van der Waals surface area contributed by atoms with Crippen molar-refractivity contribution >= 4 is 41.1 Å². The third kappa shape index (κ3) is 12.3. The molecule has 11 nitrogen and oxygen atoms in total. The fourth-order valence-corrected chi connectivity index (χ4v) is 6.28. The van der Waals surface area contributed by atoms with Crippen LogP contribution in [0.4, 0.5) is 4.79 Å². The van der Waals surface area contributed by atoms with Gasteiger partial charge in [0.2, 0.25) is 11.8 Å². The lowest BCUT2D eigenvalue weighted by molar-refractivity contribution is -0.136. The van der Waals surface area contributed by atoms with E-state index in [9.17, 15) is 14.4 Å². The molecule has 0 radical (unpaired) electrons. The van der Waals surface area contributed by atoms with Crippen LogP contribution >= 0.6 is 23.2 Å². The van der Waals surface area contributed by atoms with Crippen molar-refractivity contribution in [2.75, 3.05) is 40.0 Å². The molecule has 0 saturated heterocycles. The van der Waals surface area contributed by atoms with E-state index in [1.165, 1.54) is 0 Å². The summed E-state index contributed by atoms with van der Waals surface area (Å²) in [6.07, 6.45) is 3.06. The third-order valence-electron chi connectivity index (χ3n) is 8.80. The fraction of sp³-hybridized carbons (Fsp3) is 0.462. The minimum absolute atomic E-state index is 0.0189. The van der Waals surface area contributed by atoms with Gasteiger partial charge in [-0.1, -0.05) is 41.4 Å². The van der Waals surface area contributed by atoms with Gasteiger partial charge in [0.1, 0.15) is 24.7 Å². The minimum Gasteiger partial charge on any atom is -0.490 e. The van der Waals surface area contributed by atoms with Gasteiger partial charge >= 0.3 is 6.09 Å². The maximum absolute atomic E-state index is 14.0. The predicted octanol–water partition coefficient (Wildman–Crippen LogP) is 6.25. The van der Waals surface area contributed by atoms with E-state index in [2.05, 4.69) is 5.32 Å². The van der Waals surface area contributed by atoms with Crippen molar-refractivity contribution in [2.24, 2.45) is 22.8 Å². The summed E-state index contributed by atoms with van der Waals surface area (Å²) in [6, 6.07) is 16.9. The molecule has 0 aromatic heterocycles. The topological polar surface area (TPSA) is 155 Å². The largest absolute Gasteiger partial charge is 0.490 e. The van der Waals surface area contributed by atoms with Crippen LogP contribution in [-0.4, -0.2) is 68.9 Å². The molecule has 1 saturated carbocycles. The van der Waals surface area contributed by atoms with Crippen LogP contribution in [-0.2, 0) is 33.7 Å². The molecule has 0 spiro atoms. The van der Waals surface area contributed by atoms with E-state index in [4.69, 9.17) is 53.6 Å². The summed E-state index contributed by atoms with van der Waals surface area (Å²) in [5, 5.41) is 3.52. The van der Waals surface area contributed by atoms with Crippen LogP contribution in [0, 0.1) is 18.3 Å². The highest BCUT2D eigenvalue weighted by Gasteiger charge is 2.35. The van der Waals surface area contributed by atoms with E-state index in [0.29, 0.717) is 59.9 Å². The molecule has 5 N–H and O–H groups in total. The Bertz CT molecular complexity index is 1660. The summed E-state index contributed by atoms with van der Waals surface area (Å²) < 4.78 is 22.5. The Morgan fingerprint density at radius 2 is 1.58 bits per heavy atom. The monoisotopic (exact) mass is 756 g/mol. The van der Waals surface area contributed by atoms with Crippen molar-refractivity contribution < 1.29 is 33.3 Å². The molecule has 1 aliphatic rings. The van der Waals surface area contributed by atoms with E-state index >= 15 is 0 Å². The summed E-state index contributed by atoms with van der Waals surface area (Å²) in [5.41, 5.74) is 14.4. The number of carbonyl (C=O) groups is 3. The Morgan fingerprint density at radius 3 is 2.19 bits per heavy atom. The highest BCUT2D eigenvalue weighted by molar-refractivity contribution is 6.37. The minimum atomic E-state index is -0.935. The summed E-state index contributed by atoms with van der Waals surface area (Å²) in [4.78, 5) is 40.3. The number of aryl methyl sites for hydroxylation is 2.